The summed E-state index contributed by atoms with van der Waals surface area (Å²) in [7, 11) is 0. The standard InChI is InChI=1S/C13H12ClNO2.CH2O3.2K/c1-2-17-12(16)11-7-13(11,8-15)9-4-3-5-10(14)6-9;2-1(3)4;;/h3-6,11H,2,7H2,1H3;(H2,2,3,4);;/q;;2*+1/p-2. The third-order valence-electron chi connectivity index (χ3n) is 3.07. The van der Waals surface area contributed by atoms with Gasteiger partial charge in [0.05, 0.1) is 24.0 Å². The Balaban J connectivity index is 0. The maximum absolute atomic E-state index is 11.6. The fraction of sp³-hybridized carbons (Fsp3) is 0.357. The first-order valence-electron chi connectivity index (χ1n) is 6.09. The second kappa shape index (κ2) is 12.4. The van der Waals surface area contributed by atoms with Crippen molar-refractivity contribution in [3.05, 3.63) is 34.9 Å². The maximum atomic E-state index is 11.6. The monoisotopic (exact) mass is 387 g/mol. The number of esters is 1. The van der Waals surface area contributed by atoms with Gasteiger partial charge in [-0.3, -0.25) is 4.79 Å². The molecule has 0 saturated heterocycles. The number of carbonyl (C=O) groups is 2. The van der Waals surface area contributed by atoms with E-state index in [1.807, 2.05) is 6.07 Å². The van der Waals surface area contributed by atoms with Crippen molar-refractivity contribution >= 4 is 23.7 Å². The molecule has 0 N–H and O–H groups in total. The van der Waals surface area contributed by atoms with E-state index < -0.39 is 11.6 Å². The van der Waals surface area contributed by atoms with Gasteiger partial charge < -0.3 is 19.7 Å². The quantitative estimate of drug-likeness (QED) is 0.377. The first-order valence-corrected chi connectivity index (χ1v) is 6.47. The zero-order valence-electron chi connectivity index (χ0n) is 13.2. The summed E-state index contributed by atoms with van der Waals surface area (Å²) in [6.07, 6.45) is -1.82. The zero-order chi connectivity index (χ0) is 16.0. The van der Waals surface area contributed by atoms with Crippen molar-refractivity contribution in [2.45, 2.75) is 18.8 Å². The molecule has 1 aliphatic rings. The minimum Gasteiger partial charge on any atom is -0.652 e. The molecule has 0 radical (unpaired) electrons. The number of halogens is 1. The Morgan fingerprint density at radius 2 is 2.00 bits per heavy atom. The van der Waals surface area contributed by atoms with Crippen LogP contribution in [-0.2, 0) is 14.9 Å². The number of nitriles is 1. The molecule has 1 aromatic carbocycles. The predicted octanol–water partition coefficient (Wildman–Crippen LogP) is -5.75. The third-order valence-corrected chi connectivity index (χ3v) is 3.31. The minimum absolute atomic E-state index is 0. The molecule has 2 rings (SSSR count). The molecule has 0 heterocycles. The molecule has 0 aromatic heterocycles. The summed E-state index contributed by atoms with van der Waals surface area (Å²) in [6, 6.07) is 9.33. The molecule has 2 atom stereocenters. The molecule has 0 bridgehead atoms. The van der Waals surface area contributed by atoms with E-state index in [-0.39, 0.29) is 115 Å². The number of carbonyl (C=O) groups excluding carboxylic acids is 2. The van der Waals surface area contributed by atoms with Gasteiger partial charge >= 0.3 is 109 Å². The first-order chi connectivity index (χ1) is 9.87. The van der Waals surface area contributed by atoms with Crippen LogP contribution in [-0.4, -0.2) is 18.7 Å². The van der Waals surface area contributed by atoms with Gasteiger partial charge in [0, 0.05) is 5.02 Å². The van der Waals surface area contributed by atoms with Gasteiger partial charge in [-0.1, -0.05) is 23.7 Å². The molecule has 9 heteroatoms. The van der Waals surface area contributed by atoms with Crippen LogP contribution in [0, 0.1) is 17.2 Å². The summed E-state index contributed by atoms with van der Waals surface area (Å²) >= 11 is 5.90. The summed E-state index contributed by atoms with van der Waals surface area (Å²) < 4.78 is 4.95. The van der Waals surface area contributed by atoms with Gasteiger partial charge in [0.2, 0.25) is 0 Å². The summed E-state index contributed by atoms with van der Waals surface area (Å²) in [4.78, 5) is 20.0. The van der Waals surface area contributed by atoms with Crippen molar-refractivity contribution in [1.29, 1.82) is 5.26 Å². The van der Waals surface area contributed by atoms with Gasteiger partial charge in [-0.05, 0) is 37.2 Å². The van der Waals surface area contributed by atoms with Gasteiger partial charge in [-0.25, -0.2) is 0 Å². The van der Waals surface area contributed by atoms with Gasteiger partial charge in [0.1, 0.15) is 0 Å². The molecular weight excluding hydrogens is 376 g/mol. The van der Waals surface area contributed by atoms with E-state index in [1.165, 1.54) is 0 Å². The van der Waals surface area contributed by atoms with Gasteiger partial charge in [-0.15, -0.1) is 0 Å². The van der Waals surface area contributed by atoms with Crippen LogP contribution in [0.4, 0.5) is 4.79 Å². The summed E-state index contributed by atoms with van der Waals surface area (Å²) in [5.41, 5.74) is 0.0579. The first kappa shape index (κ1) is 26.2. The van der Waals surface area contributed by atoms with Crippen molar-refractivity contribution in [2.75, 3.05) is 6.61 Å². The van der Waals surface area contributed by atoms with Crippen LogP contribution in [0.5, 0.6) is 0 Å². The Bertz CT molecular complexity index is 589. The number of nitrogens with zero attached hydrogens (tertiary/aromatic N) is 1. The van der Waals surface area contributed by atoms with E-state index >= 15 is 0 Å². The molecule has 0 amide bonds. The molecule has 1 saturated carbocycles. The number of benzene rings is 1. The number of hydrogen-bond donors (Lipinski definition) is 0. The molecule has 1 aromatic rings. The normalized spacial score (nSPS) is 20.3. The topological polar surface area (TPSA) is 113 Å². The number of ether oxygens (including phenoxy) is 1. The van der Waals surface area contributed by atoms with Crippen LogP contribution in [0.3, 0.4) is 0 Å². The van der Waals surface area contributed by atoms with Gasteiger partial charge in [-0.2, -0.15) is 5.26 Å². The second-order valence-electron chi connectivity index (χ2n) is 4.35. The van der Waals surface area contributed by atoms with Crippen LogP contribution >= 0.6 is 11.6 Å². The largest absolute Gasteiger partial charge is 1.00 e. The van der Waals surface area contributed by atoms with Gasteiger partial charge in [0.15, 0.2) is 0 Å². The molecule has 6 nitrogen and oxygen atoms in total. The summed E-state index contributed by atoms with van der Waals surface area (Å²) in [5, 5.41) is 26.5. The Morgan fingerprint density at radius 3 is 2.43 bits per heavy atom. The maximum Gasteiger partial charge on any atom is 1.00 e. The number of carboxylic acid groups (broad SMARTS) is 2. The van der Waals surface area contributed by atoms with E-state index in [4.69, 9.17) is 31.3 Å². The van der Waals surface area contributed by atoms with Crippen molar-refractivity contribution in [1.82, 2.24) is 0 Å². The van der Waals surface area contributed by atoms with E-state index in [0.29, 0.717) is 18.1 Å². The van der Waals surface area contributed by atoms with Gasteiger partial charge in [0.25, 0.3) is 0 Å². The van der Waals surface area contributed by atoms with Crippen LogP contribution in [0.2, 0.25) is 5.02 Å². The molecule has 0 aliphatic heterocycles. The fourth-order valence-electron chi connectivity index (χ4n) is 2.06. The molecular formula is C14H12ClK2NO5. The van der Waals surface area contributed by atoms with Crippen molar-refractivity contribution < 1.29 is 127 Å². The average Bonchev–Trinajstić information content (AvgIpc) is 3.14. The number of hydrogen-bond acceptors (Lipinski definition) is 6. The minimum atomic E-state index is -2.33. The zero-order valence-corrected chi connectivity index (χ0v) is 20.2. The molecule has 2 unspecified atom stereocenters. The van der Waals surface area contributed by atoms with Crippen LogP contribution in [0.15, 0.2) is 24.3 Å². The fourth-order valence-corrected chi connectivity index (χ4v) is 2.25. The smallest absolute Gasteiger partial charge is 0.652 e. The predicted molar refractivity (Wildman–Crippen MR) is 68.9 cm³/mol. The van der Waals surface area contributed by atoms with E-state index in [9.17, 15) is 10.1 Å². The van der Waals surface area contributed by atoms with Crippen LogP contribution in [0.25, 0.3) is 0 Å². The van der Waals surface area contributed by atoms with Crippen LogP contribution < -0.4 is 113 Å². The summed E-state index contributed by atoms with van der Waals surface area (Å²) in [5.74, 6) is -0.653. The molecule has 23 heavy (non-hydrogen) atoms. The van der Waals surface area contributed by atoms with Crippen molar-refractivity contribution in [3.63, 3.8) is 0 Å². The third kappa shape index (κ3) is 7.83. The Labute approximate surface area is 224 Å². The van der Waals surface area contributed by atoms with E-state index in [1.54, 1.807) is 25.1 Å². The Hall–Kier alpha value is 1.01. The Morgan fingerprint density at radius 1 is 1.43 bits per heavy atom. The molecule has 1 fully saturated rings. The van der Waals surface area contributed by atoms with E-state index in [2.05, 4.69) is 6.07 Å². The number of rotatable bonds is 3. The molecule has 112 valence electrons. The SMILES string of the molecule is CCOC(=O)C1CC1(C#N)c1cccc(Cl)c1.O=C([O-])[O-].[K+].[K+]. The second-order valence-corrected chi connectivity index (χ2v) is 4.79. The summed E-state index contributed by atoms with van der Waals surface area (Å²) in [6.45, 7) is 2.10. The molecule has 1 aliphatic carbocycles. The molecule has 0 spiro atoms. The van der Waals surface area contributed by atoms with E-state index in [0.717, 1.165) is 5.56 Å². The Kier molecular flexibility index (Phi) is 14.1. The van der Waals surface area contributed by atoms with Crippen molar-refractivity contribution in [2.24, 2.45) is 5.92 Å². The van der Waals surface area contributed by atoms with Crippen molar-refractivity contribution in [3.8, 4) is 6.07 Å². The van der Waals surface area contributed by atoms with Crippen LogP contribution in [0.1, 0.15) is 18.9 Å². The average molecular weight is 388 g/mol.